The van der Waals surface area contributed by atoms with Gasteiger partial charge in [0.15, 0.2) is 0 Å². The predicted octanol–water partition coefficient (Wildman–Crippen LogP) is 3.21. The molecule has 0 saturated carbocycles. The average Bonchev–Trinajstić information content (AvgIpc) is 2.71. The molecule has 2 N–H and O–H groups in total. The van der Waals surface area contributed by atoms with Crippen LogP contribution in [0.5, 0.6) is 0 Å². The molecular weight excluding hydrogens is 228 g/mol. The van der Waals surface area contributed by atoms with Gasteiger partial charge in [0.2, 0.25) is 5.82 Å². The maximum Gasteiger partial charge on any atom is 0.371 e. The first-order valence-corrected chi connectivity index (χ1v) is 5.89. The minimum absolute atomic E-state index is 0.0181. The quantitative estimate of drug-likeness (QED) is 0.871. The number of nitrogens with one attached hydrogen (secondary N) is 1. The second-order valence-corrected chi connectivity index (χ2v) is 4.64. The van der Waals surface area contributed by atoms with Crippen molar-refractivity contribution in [3.8, 4) is 11.3 Å². The highest BCUT2D eigenvalue weighted by Gasteiger charge is 2.13. The molecule has 1 aromatic carbocycles. The van der Waals surface area contributed by atoms with Crippen LogP contribution >= 0.6 is 0 Å². The van der Waals surface area contributed by atoms with Gasteiger partial charge in [0.25, 0.3) is 0 Å². The monoisotopic (exact) mass is 244 g/mol. The number of H-pyrrole nitrogens is 1. The fraction of sp³-hybridized carbons (Fsp3) is 0.286. The lowest BCUT2D eigenvalue weighted by molar-refractivity contribution is 0.0684. The second-order valence-electron chi connectivity index (χ2n) is 4.64. The lowest BCUT2D eigenvalue weighted by atomic mass is 10.0. The van der Waals surface area contributed by atoms with E-state index in [1.54, 1.807) is 0 Å². The summed E-state index contributed by atoms with van der Waals surface area (Å²) in [5.74, 6) is -0.576. The summed E-state index contributed by atoms with van der Waals surface area (Å²) in [6.45, 7) is 6.10. The Labute approximate surface area is 106 Å². The number of hydrogen-bond donors (Lipinski definition) is 2. The van der Waals surface area contributed by atoms with Gasteiger partial charge in [-0.15, -0.1) is 0 Å². The van der Waals surface area contributed by atoms with Gasteiger partial charge in [0.05, 0.1) is 5.69 Å². The van der Waals surface area contributed by atoms with Gasteiger partial charge in [-0.25, -0.2) is 9.78 Å². The van der Waals surface area contributed by atoms with Crippen molar-refractivity contribution < 1.29 is 9.90 Å². The Kier molecular flexibility index (Phi) is 3.19. The van der Waals surface area contributed by atoms with Gasteiger partial charge < -0.3 is 10.1 Å². The summed E-state index contributed by atoms with van der Waals surface area (Å²) in [5.41, 5.74) is 3.65. The maximum atomic E-state index is 10.8. The Bertz CT molecular complexity index is 568. The lowest BCUT2D eigenvalue weighted by Gasteiger charge is -2.05. The van der Waals surface area contributed by atoms with Crippen LogP contribution in [0.25, 0.3) is 11.3 Å². The van der Waals surface area contributed by atoms with Crippen molar-refractivity contribution in [2.45, 2.75) is 26.7 Å². The fourth-order valence-corrected chi connectivity index (χ4v) is 1.87. The molecule has 0 aliphatic heterocycles. The largest absolute Gasteiger partial charge is 0.475 e. The van der Waals surface area contributed by atoms with Crippen LogP contribution in [0, 0.1) is 6.92 Å². The number of carbonyl (C=O) groups is 1. The minimum Gasteiger partial charge on any atom is -0.475 e. The zero-order chi connectivity index (χ0) is 13.3. The molecule has 1 aromatic heterocycles. The number of benzene rings is 1. The van der Waals surface area contributed by atoms with E-state index in [4.69, 9.17) is 5.11 Å². The molecule has 2 rings (SSSR count). The summed E-state index contributed by atoms with van der Waals surface area (Å²) in [6.07, 6.45) is 0. The molecule has 0 saturated heterocycles. The summed E-state index contributed by atoms with van der Waals surface area (Å²) in [6, 6.07) is 8.05. The van der Waals surface area contributed by atoms with Crippen LogP contribution in [0.4, 0.5) is 0 Å². The molecule has 0 radical (unpaired) electrons. The van der Waals surface area contributed by atoms with Gasteiger partial charge in [0.1, 0.15) is 0 Å². The normalized spacial score (nSPS) is 10.9. The first-order valence-electron chi connectivity index (χ1n) is 5.89. The van der Waals surface area contributed by atoms with Crippen molar-refractivity contribution in [3.05, 3.63) is 41.3 Å². The highest BCUT2D eigenvalue weighted by molar-refractivity contribution is 5.84. The van der Waals surface area contributed by atoms with E-state index >= 15 is 0 Å². The van der Waals surface area contributed by atoms with Gasteiger partial charge in [-0.05, 0) is 18.4 Å². The van der Waals surface area contributed by atoms with E-state index < -0.39 is 5.97 Å². The van der Waals surface area contributed by atoms with E-state index in [2.05, 4.69) is 35.9 Å². The number of aromatic carboxylic acids is 1. The highest BCUT2D eigenvalue weighted by Crippen LogP contribution is 2.23. The van der Waals surface area contributed by atoms with Gasteiger partial charge in [-0.1, -0.05) is 38.1 Å². The molecule has 2 aromatic rings. The molecular formula is C14H16N2O2. The SMILES string of the molecule is Cc1[nH]c(C(=O)O)nc1-c1ccc(C(C)C)cc1. The fourth-order valence-electron chi connectivity index (χ4n) is 1.87. The molecule has 0 fully saturated rings. The number of imidazole rings is 1. The van der Waals surface area contributed by atoms with Gasteiger partial charge in [-0.2, -0.15) is 0 Å². The standard InChI is InChI=1S/C14H16N2O2/c1-8(2)10-4-6-11(7-5-10)12-9(3)15-13(16-12)14(17)18/h4-8H,1-3H3,(H,15,16)(H,17,18). The van der Waals surface area contributed by atoms with Crippen molar-refractivity contribution >= 4 is 5.97 Å². The van der Waals surface area contributed by atoms with Crippen LogP contribution in [-0.2, 0) is 0 Å². The molecule has 94 valence electrons. The second kappa shape index (κ2) is 4.64. The number of aromatic amines is 1. The first kappa shape index (κ1) is 12.4. The molecule has 0 bridgehead atoms. The summed E-state index contributed by atoms with van der Waals surface area (Å²) in [5, 5.41) is 8.89. The predicted molar refractivity (Wildman–Crippen MR) is 69.8 cm³/mol. The van der Waals surface area contributed by atoms with Crippen LogP contribution < -0.4 is 0 Å². The summed E-state index contributed by atoms with van der Waals surface area (Å²) in [7, 11) is 0. The number of rotatable bonds is 3. The van der Waals surface area contributed by atoms with E-state index in [9.17, 15) is 4.79 Å². The van der Waals surface area contributed by atoms with Gasteiger partial charge >= 0.3 is 5.97 Å². The van der Waals surface area contributed by atoms with Crippen molar-refractivity contribution in [3.63, 3.8) is 0 Å². The maximum absolute atomic E-state index is 10.8. The van der Waals surface area contributed by atoms with E-state index in [-0.39, 0.29) is 5.82 Å². The van der Waals surface area contributed by atoms with E-state index in [0.717, 1.165) is 11.3 Å². The Hall–Kier alpha value is -2.10. The molecule has 18 heavy (non-hydrogen) atoms. The molecule has 0 atom stereocenters. The zero-order valence-corrected chi connectivity index (χ0v) is 10.7. The van der Waals surface area contributed by atoms with E-state index in [1.165, 1.54) is 5.56 Å². The number of aromatic nitrogens is 2. The van der Waals surface area contributed by atoms with Gasteiger partial charge in [0, 0.05) is 11.3 Å². The van der Waals surface area contributed by atoms with Crippen LogP contribution in [0.3, 0.4) is 0 Å². The van der Waals surface area contributed by atoms with Crippen LogP contribution in [0.2, 0.25) is 0 Å². The van der Waals surface area contributed by atoms with Crippen LogP contribution in [0.1, 0.15) is 41.6 Å². The van der Waals surface area contributed by atoms with Crippen molar-refractivity contribution in [1.29, 1.82) is 0 Å². The Balaban J connectivity index is 2.39. The average molecular weight is 244 g/mol. The number of hydrogen-bond acceptors (Lipinski definition) is 2. The third kappa shape index (κ3) is 2.27. The third-order valence-electron chi connectivity index (χ3n) is 2.94. The summed E-state index contributed by atoms with van der Waals surface area (Å²) >= 11 is 0. The summed E-state index contributed by atoms with van der Waals surface area (Å²) in [4.78, 5) is 17.7. The molecule has 0 unspecified atom stereocenters. The number of carboxylic acids is 1. The molecule has 4 heteroatoms. The zero-order valence-electron chi connectivity index (χ0n) is 10.7. The number of nitrogens with zero attached hydrogens (tertiary/aromatic N) is 1. The number of carboxylic acid groups (broad SMARTS) is 1. The molecule has 4 nitrogen and oxygen atoms in total. The lowest BCUT2D eigenvalue weighted by Crippen LogP contribution is -1.98. The molecule has 1 heterocycles. The third-order valence-corrected chi connectivity index (χ3v) is 2.94. The van der Waals surface area contributed by atoms with Crippen molar-refractivity contribution in [1.82, 2.24) is 9.97 Å². The topological polar surface area (TPSA) is 66.0 Å². The first-order chi connectivity index (χ1) is 8.49. The van der Waals surface area contributed by atoms with Crippen molar-refractivity contribution in [2.75, 3.05) is 0 Å². The smallest absolute Gasteiger partial charge is 0.371 e. The molecule has 0 aliphatic rings. The Morgan fingerprint density at radius 1 is 1.28 bits per heavy atom. The summed E-state index contributed by atoms with van der Waals surface area (Å²) < 4.78 is 0. The van der Waals surface area contributed by atoms with Crippen LogP contribution in [0.15, 0.2) is 24.3 Å². The minimum atomic E-state index is -1.04. The molecule has 0 spiro atoms. The van der Waals surface area contributed by atoms with Crippen LogP contribution in [-0.4, -0.2) is 21.0 Å². The Morgan fingerprint density at radius 2 is 1.89 bits per heavy atom. The molecule has 0 aliphatic carbocycles. The van der Waals surface area contributed by atoms with E-state index in [0.29, 0.717) is 11.6 Å². The highest BCUT2D eigenvalue weighted by atomic mass is 16.4. The molecule has 0 amide bonds. The van der Waals surface area contributed by atoms with E-state index in [1.807, 2.05) is 19.1 Å². The number of aryl methyl sites for hydroxylation is 1. The Morgan fingerprint density at radius 3 is 2.33 bits per heavy atom. The van der Waals surface area contributed by atoms with Crippen molar-refractivity contribution in [2.24, 2.45) is 0 Å². The van der Waals surface area contributed by atoms with Gasteiger partial charge in [-0.3, -0.25) is 0 Å².